The Hall–Kier alpha value is -1.17. The SMILES string of the molecule is CCC(=O)N1CC[C@@H](Nc2nc(CC)ns2)C1. The van der Waals surface area contributed by atoms with Crippen molar-refractivity contribution in [3.05, 3.63) is 5.82 Å². The fourth-order valence-electron chi connectivity index (χ4n) is 1.96. The summed E-state index contributed by atoms with van der Waals surface area (Å²) in [7, 11) is 0. The molecule has 0 saturated carbocycles. The van der Waals surface area contributed by atoms with Gasteiger partial charge >= 0.3 is 0 Å². The standard InChI is InChI=1S/C11H18N4OS/c1-3-9-13-11(17-14-9)12-8-5-6-15(7-8)10(16)4-2/h8H,3-7H2,1-2H3,(H,12,13,14)/t8-/m1/s1. The molecule has 1 N–H and O–H groups in total. The molecule has 1 saturated heterocycles. The van der Waals surface area contributed by atoms with E-state index in [1.165, 1.54) is 11.5 Å². The van der Waals surface area contributed by atoms with Crippen LogP contribution < -0.4 is 5.32 Å². The number of anilines is 1. The van der Waals surface area contributed by atoms with Crippen molar-refractivity contribution in [3.63, 3.8) is 0 Å². The van der Waals surface area contributed by atoms with Crippen LogP contribution in [0, 0.1) is 0 Å². The van der Waals surface area contributed by atoms with Gasteiger partial charge in [0.25, 0.3) is 0 Å². The monoisotopic (exact) mass is 254 g/mol. The number of rotatable bonds is 4. The molecule has 1 atom stereocenters. The number of aromatic nitrogens is 2. The lowest BCUT2D eigenvalue weighted by Crippen LogP contribution is -2.30. The van der Waals surface area contributed by atoms with Crippen molar-refractivity contribution in [1.82, 2.24) is 14.3 Å². The maximum atomic E-state index is 11.5. The molecule has 1 aromatic heterocycles. The zero-order valence-corrected chi connectivity index (χ0v) is 11.1. The second kappa shape index (κ2) is 5.44. The van der Waals surface area contributed by atoms with Crippen LogP contribution in [0.3, 0.4) is 0 Å². The van der Waals surface area contributed by atoms with Gasteiger partial charge in [-0.05, 0) is 6.42 Å². The zero-order valence-electron chi connectivity index (χ0n) is 10.3. The Balaban J connectivity index is 1.87. The fourth-order valence-corrected chi connectivity index (χ4v) is 2.69. The molecular formula is C11H18N4OS. The lowest BCUT2D eigenvalue weighted by atomic mass is 10.3. The topological polar surface area (TPSA) is 58.1 Å². The lowest BCUT2D eigenvalue weighted by molar-refractivity contribution is -0.129. The van der Waals surface area contributed by atoms with E-state index in [1.54, 1.807) is 0 Å². The Morgan fingerprint density at radius 3 is 3.06 bits per heavy atom. The molecule has 2 heterocycles. The summed E-state index contributed by atoms with van der Waals surface area (Å²) in [6.45, 7) is 5.59. The van der Waals surface area contributed by atoms with Crippen LogP contribution >= 0.6 is 11.5 Å². The van der Waals surface area contributed by atoms with Crippen LogP contribution in [0.5, 0.6) is 0 Å². The van der Waals surface area contributed by atoms with Gasteiger partial charge in [-0.1, -0.05) is 13.8 Å². The maximum absolute atomic E-state index is 11.5. The minimum Gasteiger partial charge on any atom is -0.356 e. The molecule has 1 amide bonds. The van der Waals surface area contributed by atoms with Gasteiger partial charge in [-0.3, -0.25) is 4.79 Å². The molecule has 0 unspecified atom stereocenters. The predicted octanol–water partition coefficient (Wildman–Crippen LogP) is 1.52. The quantitative estimate of drug-likeness (QED) is 0.885. The van der Waals surface area contributed by atoms with Gasteiger partial charge in [0.1, 0.15) is 5.82 Å². The minimum absolute atomic E-state index is 0.237. The van der Waals surface area contributed by atoms with Crippen molar-refractivity contribution in [1.29, 1.82) is 0 Å². The van der Waals surface area contributed by atoms with Crippen LogP contribution in [-0.4, -0.2) is 39.3 Å². The highest BCUT2D eigenvalue weighted by Gasteiger charge is 2.25. The average molecular weight is 254 g/mol. The highest BCUT2D eigenvalue weighted by molar-refractivity contribution is 7.09. The summed E-state index contributed by atoms with van der Waals surface area (Å²) in [4.78, 5) is 17.8. The van der Waals surface area contributed by atoms with Gasteiger partial charge < -0.3 is 10.2 Å². The van der Waals surface area contributed by atoms with Crippen molar-refractivity contribution >= 4 is 22.6 Å². The zero-order chi connectivity index (χ0) is 12.3. The summed E-state index contributed by atoms with van der Waals surface area (Å²) in [6, 6.07) is 0.322. The third-order valence-corrected chi connectivity index (χ3v) is 3.64. The van der Waals surface area contributed by atoms with E-state index >= 15 is 0 Å². The molecule has 94 valence electrons. The smallest absolute Gasteiger partial charge is 0.222 e. The summed E-state index contributed by atoms with van der Waals surface area (Å²) >= 11 is 1.40. The third-order valence-electron chi connectivity index (χ3n) is 2.96. The van der Waals surface area contributed by atoms with E-state index in [2.05, 4.69) is 14.7 Å². The number of nitrogens with zero attached hydrogens (tertiary/aromatic N) is 3. The van der Waals surface area contributed by atoms with E-state index in [4.69, 9.17) is 0 Å². The molecule has 0 spiro atoms. The van der Waals surface area contributed by atoms with E-state index in [0.717, 1.165) is 36.9 Å². The third kappa shape index (κ3) is 2.94. The lowest BCUT2D eigenvalue weighted by Gasteiger charge is -2.15. The number of aryl methyl sites for hydroxylation is 1. The van der Waals surface area contributed by atoms with Crippen LogP contribution in [0.4, 0.5) is 5.13 Å². The Morgan fingerprint density at radius 2 is 2.41 bits per heavy atom. The van der Waals surface area contributed by atoms with E-state index in [1.807, 2.05) is 18.7 Å². The minimum atomic E-state index is 0.237. The molecule has 0 aromatic carbocycles. The van der Waals surface area contributed by atoms with Gasteiger partial charge in [0, 0.05) is 43.5 Å². The molecule has 1 aromatic rings. The Bertz CT molecular complexity index is 393. The van der Waals surface area contributed by atoms with Crippen LogP contribution in [-0.2, 0) is 11.2 Å². The molecule has 1 fully saturated rings. The number of carbonyl (C=O) groups excluding carboxylic acids is 1. The molecule has 0 aliphatic carbocycles. The fraction of sp³-hybridized carbons (Fsp3) is 0.727. The molecule has 1 aliphatic heterocycles. The van der Waals surface area contributed by atoms with Crippen molar-refractivity contribution < 1.29 is 4.79 Å². The number of hydrogen-bond donors (Lipinski definition) is 1. The summed E-state index contributed by atoms with van der Waals surface area (Å²) in [6.07, 6.45) is 2.45. The first-order chi connectivity index (χ1) is 8.22. The molecule has 1 aliphatic rings. The second-order valence-corrected chi connectivity index (χ2v) is 4.94. The van der Waals surface area contributed by atoms with E-state index in [0.29, 0.717) is 12.5 Å². The van der Waals surface area contributed by atoms with Crippen molar-refractivity contribution in [2.75, 3.05) is 18.4 Å². The van der Waals surface area contributed by atoms with Gasteiger partial charge in [-0.25, -0.2) is 4.98 Å². The van der Waals surface area contributed by atoms with Crippen molar-refractivity contribution in [2.45, 2.75) is 39.2 Å². The number of amides is 1. The first-order valence-electron chi connectivity index (χ1n) is 6.09. The van der Waals surface area contributed by atoms with Crippen LogP contribution in [0.1, 0.15) is 32.5 Å². The number of nitrogens with one attached hydrogen (secondary N) is 1. The van der Waals surface area contributed by atoms with E-state index < -0.39 is 0 Å². The van der Waals surface area contributed by atoms with E-state index in [-0.39, 0.29) is 5.91 Å². The number of hydrogen-bond acceptors (Lipinski definition) is 5. The summed E-state index contributed by atoms with van der Waals surface area (Å²) in [5.41, 5.74) is 0. The predicted molar refractivity (Wildman–Crippen MR) is 68.2 cm³/mol. The highest BCUT2D eigenvalue weighted by Crippen LogP contribution is 2.18. The molecule has 5 nitrogen and oxygen atoms in total. The molecule has 17 heavy (non-hydrogen) atoms. The molecule has 6 heteroatoms. The molecule has 0 bridgehead atoms. The Kier molecular flexibility index (Phi) is 3.93. The molecular weight excluding hydrogens is 236 g/mol. The van der Waals surface area contributed by atoms with Gasteiger partial charge in [0.15, 0.2) is 0 Å². The second-order valence-electron chi connectivity index (χ2n) is 4.19. The Morgan fingerprint density at radius 1 is 1.59 bits per heavy atom. The first kappa shape index (κ1) is 12.3. The largest absolute Gasteiger partial charge is 0.356 e. The van der Waals surface area contributed by atoms with Crippen molar-refractivity contribution in [3.8, 4) is 0 Å². The van der Waals surface area contributed by atoms with Crippen LogP contribution in [0.25, 0.3) is 0 Å². The van der Waals surface area contributed by atoms with Crippen LogP contribution in [0.2, 0.25) is 0 Å². The summed E-state index contributed by atoms with van der Waals surface area (Å²) in [5.74, 6) is 1.12. The van der Waals surface area contributed by atoms with Gasteiger partial charge in [-0.2, -0.15) is 4.37 Å². The van der Waals surface area contributed by atoms with Crippen molar-refractivity contribution in [2.24, 2.45) is 0 Å². The normalized spacial score (nSPS) is 19.6. The molecule has 2 rings (SSSR count). The highest BCUT2D eigenvalue weighted by atomic mass is 32.1. The summed E-state index contributed by atoms with van der Waals surface area (Å²) in [5, 5.41) is 4.23. The van der Waals surface area contributed by atoms with Gasteiger partial charge in [0.05, 0.1) is 0 Å². The molecule has 0 radical (unpaired) electrons. The first-order valence-corrected chi connectivity index (χ1v) is 6.87. The Labute approximate surface area is 105 Å². The van der Waals surface area contributed by atoms with E-state index in [9.17, 15) is 4.79 Å². The number of likely N-dealkylation sites (tertiary alicyclic amines) is 1. The van der Waals surface area contributed by atoms with Crippen LogP contribution in [0.15, 0.2) is 0 Å². The number of carbonyl (C=O) groups is 1. The van der Waals surface area contributed by atoms with Gasteiger partial charge in [-0.15, -0.1) is 0 Å². The maximum Gasteiger partial charge on any atom is 0.222 e. The average Bonchev–Trinajstić information content (AvgIpc) is 2.97. The van der Waals surface area contributed by atoms with Gasteiger partial charge in [0.2, 0.25) is 11.0 Å². The summed E-state index contributed by atoms with van der Waals surface area (Å²) < 4.78 is 4.23.